The summed E-state index contributed by atoms with van der Waals surface area (Å²) in [5.41, 5.74) is 6.92. The van der Waals surface area contributed by atoms with E-state index < -0.39 is 0 Å². The number of likely N-dealkylation sites (tertiary alicyclic amines) is 1. The van der Waals surface area contributed by atoms with E-state index in [9.17, 15) is 0 Å². The third kappa shape index (κ3) is 6.25. The van der Waals surface area contributed by atoms with Gasteiger partial charge in [0.25, 0.3) is 0 Å². The Morgan fingerprint density at radius 1 is 1.11 bits per heavy atom. The molecule has 3 rings (SSSR count). The summed E-state index contributed by atoms with van der Waals surface area (Å²) >= 11 is 0. The molecule has 1 aliphatic rings. The van der Waals surface area contributed by atoms with Gasteiger partial charge >= 0.3 is 0 Å². The number of para-hydroxylation sites is 1. The molecule has 2 aromatic carbocycles. The molecule has 150 valence electrons. The fraction of sp³-hybridized carbons (Fsp3) is 0.409. The molecule has 2 aromatic rings. The molecule has 6 heteroatoms. The van der Waals surface area contributed by atoms with E-state index in [4.69, 9.17) is 10.5 Å². The molecule has 0 aromatic heterocycles. The van der Waals surface area contributed by atoms with Gasteiger partial charge in [-0.25, -0.2) is 0 Å². The predicted molar refractivity (Wildman–Crippen MR) is 116 cm³/mol. The number of hydrogen-bond donors (Lipinski definition) is 2. The van der Waals surface area contributed by atoms with Crippen LogP contribution in [0.25, 0.3) is 0 Å². The molecule has 0 atom stereocenters. The first-order valence-electron chi connectivity index (χ1n) is 9.89. The maximum absolute atomic E-state index is 6.06. The van der Waals surface area contributed by atoms with Gasteiger partial charge in [-0.3, -0.25) is 4.99 Å². The molecular weight excluding hydrogens is 350 g/mol. The summed E-state index contributed by atoms with van der Waals surface area (Å²) in [7, 11) is 4.33. The molecular formula is C22H31N5O. The van der Waals surface area contributed by atoms with E-state index in [1.807, 2.05) is 54.6 Å². The molecule has 0 spiro atoms. The number of anilines is 1. The van der Waals surface area contributed by atoms with Gasteiger partial charge in [0, 0.05) is 24.3 Å². The molecule has 0 unspecified atom stereocenters. The van der Waals surface area contributed by atoms with Gasteiger partial charge in [0.15, 0.2) is 5.96 Å². The van der Waals surface area contributed by atoms with Gasteiger partial charge in [0.2, 0.25) is 0 Å². The molecule has 0 aliphatic carbocycles. The van der Waals surface area contributed by atoms with Crippen molar-refractivity contribution in [3.8, 4) is 11.5 Å². The number of benzene rings is 2. The van der Waals surface area contributed by atoms with Crippen molar-refractivity contribution in [3.63, 3.8) is 0 Å². The van der Waals surface area contributed by atoms with E-state index in [2.05, 4.69) is 34.2 Å². The average Bonchev–Trinajstić information content (AvgIpc) is 2.69. The Bertz CT molecular complexity index is 755. The summed E-state index contributed by atoms with van der Waals surface area (Å²) in [5, 5.41) is 3.15. The molecule has 1 aliphatic heterocycles. The second kappa shape index (κ2) is 10.1. The lowest BCUT2D eigenvalue weighted by molar-refractivity contribution is 0.148. The molecule has 0 amide bonds. The second-order valence-corrected chi connectivity index (χ2v) is 7.37. The summed E-state index contributed by atoms with van der Waals surface area (Å²) in [5.74, 6) is 1.99. The minimum Gasteiger partial charge on any atom is -0.457 e. The fourth-order valence-electron chi connectivity index (χ4n) is 3.42. The van der Waals surface area contributed by atoms with Gasteiger partial charge in [0.1, 0.15) is 11.5 Å². The maximum atomic E-state index is 6.06. The van der Waals surface area contributed by atoms with E-state index in [0.717, 1.165) is 36.8 Å². The Balaban J connectivity index is 1.45. The minimum absolute atomic E-state index is 0.431. The van der Waals surface area contributed by atoms with Crippen molar-refractivity contribution in [2.75, 3.05) is 45.6 Å². The third-order valence-corrected chi connectivity index (χ3v) is 5.07. The topological polar surface area (TPSA) is 66.1 Å². The van der Waals surface area contributed by atoms with Crippen LogP contribution in [0.3, 0.4) is 0 Å². The van der Waals surface area contributed by atoms with Crippen LogP contribution in [0.2, 0.25) is 0 Å². The maximum Gasteiger partial charge on any atom is 0.193 e. The highest BCUT2D eigenvalue weighted by Gasteiger charge is 2.19. The van der Waals surface area contributed by atoms with Crippen LogP contribution in [-0.4, -0.2) is 62.1 Å². The van der Waals surface area contributed by atoms with Gasteiger partial charge in [-0.15, -0.1) is 0 Å². The fourth-order valence-corrected chi connectivity index (χ4v) is 3.42. The number of aliphatic imine (C=N–C) groups is 1. The normalized spacial score (nSPS) is 16.3. The molecule has 0 radical (unpaired) electrons. The van der Waals surface area contributed by atoms with Gasteiger partial charge in [0.05, 0.1) is 6.54 Å². The summed E-state index contributed by atoms with van der Waals surface area (Å²) in [6.45, 7) is 3.90. The Morgan fingerprint density at radius 3 is 2.54 bits per heavy atom. The van der Waals surface area contributed by atoms with Crippen LogP contribution >= 0.6 is 0 Å². The predicted octanol–water partition coefficient (Wildman–Crippen LogP) is 3.23. The zero-order valence-electron chi connectivity index (χ0n) is 16.8. The number of piperidine rings is 1. The van der Waals surface area contributed by atoms with Gasteiger partial charge in [-0.1, -0.05) is 24.3 Å². The quantitative estimate of drug-likeness (QED) is 0.569. The molecule has 6 nitrogen and oxygen atoms in total. The average molecular weight is 382 g/mol. The van der Waals surface area contributed by atoms with Crippen LogP contribution in [0, 0.1) is 0 Å². The van der Waals surface area contributed by atoms with E-state index in [0.29, 0.717) is 18.5 Å². The number of nitrogens with zero attached hydrogens (tertiary/aromatic N) is 3. The molecule has 1 saturated heterocycles. The van der Waals surface area contributed by atoms with Crippen LogP contribution in [0.5, 0.6) is 11.5 Å². The first kappa shape index (κ1) is 20.2. The van der Waals surface area contributed by atoms with Crippen LogP contribution in [0.4, 0.5) is 5.69 Å². The van der Waals surface area contributed by atoms with Crippen molar-refractivity contribution in [1.29, 1.82) is 0 Å². The van der Waals surface area contributed by atoms with Crippen LogP contribution in [0.1, 0.15) is 12.8 Å². The zero-order valence-corrected chi connectivity index (χ0v) is 16.8. The van der Waals surface area contributed by atoms with E-state index >= 15 is 0 Å². The van der Waals surface area contributed by atoms with Crippen molar-refractivity contribution in [2.24, 2.45) is 10.7 Å². The van der Waals surface area contributed by atoms with Crippen LogP contribution in [0.15, 0.2) is 59.6 Å². The monoisotopic (exact) mass is 381 g/mol. The summed E-state index contributed by atoms with van der Waals surface area (Å²) in [6, 6.07) is 18.1. The summed E-state index contributed by atoms with van der Waals surface area (Å²) < 4.78 is 5.86. The zero-order chi connectivity index (χ0) is 19.8. The largest absolute Gasteiger partial charge is 0.457 e. The standard InChI is InChI=1S/C22H31N5O/c1-26(2)19-11-14-27(15-12-19)16-13-24-22(23)25-18-7-6-10-21(17-18)28-20-8-4-3-5-9-20/h3-10,17,19H,11-16H2,1-2H3,(H3,23,24,25). The molecule has 28 heavy (non-hydrogen) atoms. The smallest absolute Gasteiger partial charge is 0.193 e. The molecule has 0 saturated carbocycles. The molecule has 1 heterocycles. The van der Waals surface area contributed by atoms with Crippen molar-refractivity contribution in [2.45, 2.75) is 18.9 Å². The van der Waals surface area contributed by atoms with Crippen LogP contribution in [-0.2, 0) is 0 Å². The van der Waals surface area contributed by atoms with E-state index in [1.54, 1.807) is 0 Å². The van der Waals surface area contributed by atoms with Crippen molar-refractivity contribution in [3.05, 3.63) is 54.6 Å². The number of rotatable bonds is 7. The number of ether oxygens (including phenoxy) is 1. The molecule has 1 fully saturated rings. The lowest BCUT2D eigenvalue weighted by Crippen LogP contribution is -2.42. The van der Waals surface area contributed by atoms with E-state index in [-0.39, 0.29) is 0 Å². The lowest BCUT2D eigenvalue weighted by atomic mass is 10.0. The highest BCUT2D eigenvalue weighted by Crippen LogP contribution is 2.23. The second-order valence-electron chi connectivity index (χ2n) is 7.37. The minimum atomic E-state index is 0.431. The Kier molecular flexibility index (Phi) is 7.28. The van der Waals surface area contributed by atoms with Gasteiger partial charge in [-0.2, -0.15) is 0 Å². The van der Waals surface area contributed by atoms with E-state index in [1.165, 1.54) is 12.8 Å². The number of guanidine groups is 1. The summed E-state index contributed by atoms with van der Waals surface area (Å²) in [4.78, 5) is 9.26. The third-order valence-electron chi connectivity index (χ3n) is 5.07. The SMILES string of the molecule is CN(C)C1CCN(CCN=C(N)Nc2cccc(Oc3ccccc3)c2)CC1. The Labute approximate surface area is 168 Å². The Morgan fingerprint density at radius 2 is 1.82 bits per heavy atom. The first-order chi connectivity index (χ1) is 13.6. The number of nitrogens with two attached hydrogens (primary N) is 1. The lowest BCUT2D eigenvalue weighted by Gasteiger charge is -2.34. The van der Waals surface area contributed by atoms with Gasteiger partial charge < -0.3 is 25.6 Å². The number of nitrogens with one attached hydrogen (secondary N) is 1. The first-order valence-corrected chi connectivity index (χ1v) is 9.89. The van der Waals surface area contributed by atoms with Crippen LogP contribution < -0.4 is 15.8 Å². The highest BCUT2D eigenvalue weighted by molar-refractivity contribution is 5.92. The highest BCUT2D eigenvalue weighted by atomic mass is 16.5. The molecule has 0 bridgehead atoms. The number of hydrogen-bond acceptors (Lipinski definition) is 4. The Hall–Kier alpha value is -2.57. The van der Waals surface area contributed by atoms with Crippen molar-refractivity contribution >= 4 is 11.6 Å². The van der Waals surface area contributed by atoms with Crippen molar-refractivity contribution in [1.82, 2.24) is 9.80 Å². The summed E-state index contributed by atoms with van der Waals surface area (Å²) in [6.07, 6.45) is 2.44. The van der Waals surface area contributed by atoms with Gasteiger partial charge in [-0.05, 0) is 64.3 Å². The van der Waals surface area contributed by atoms with Crippen molar-refractivity contribution < 1.29 is 4.74 Å². The molecule has 3 N–H and O–H groups in total.